The number of nitrogens with zero attached hydrogens (tertiary/aromatic N) is 1. The van der Waals surface area contributed by atoms with Gasteiger partial charge in [-0.05, 0) is 66.6 Å². The van der Waals surface area contributed by atoms with Gasteiger partial charge in [0.1, 0.15) is 17.3 Å². The Balaban J connectivity index is 1.93. The molecule has 0 aromatic heterocycles. The van der Waals surface area contributed by atoms with Crippen molar-refractivity contribution >= 4 is 34.1 Å². The van der Waals surface area contributed by atoms with E-state index in [0.29, 0.717) is 15.8 Å². The molecular weight excluding hydrogens is 327 g/mol. The maximum atomic E-state index is 13.0. The number of benzene rings is 2. The van der Waals surface area contributed by atoms with Crippen LogP contribution in [0, 0.1) is 12.7 Å². The minimum atomic E-state index is -0.322. The standard InChI is InChI=1S/C18H15FN2O2S/c1-10-3-8-15(22)14(9-10)20-18-21-17(23)16(24-18)11(2)12-4-6-13(19)7-5-12/h3-9,22H,1-2H3,(H,20,21,23)/b16-11-. The lowest BCUT2D eigenvalue weighted by atomic mass is 10.1. The minimum Gasteiger partial charge on any atom is -0.506 e. The number of halogens is 1. The average molecular weight is 342 g/mol. The number of aliphatic imine (C=N–C) groups is 1. The highest BCUT2D eigenvalue weighted by Gasteiger charge is 2.26. The molecule has 4 nitrogen and oxygen atoms in total. The second kappa shape index (κ2) is 6.49. The van der Waals surface area contributed by atoms with E-state index in [9.17, 15) is 14.3 Å². The van der Waals surface area contributed by atoms with Gasteiger partial charge in [-0.3, -0.25) is 4.79 Å². The number of amidine groups is 1. The van der Waals surface area contributed by atoms with E-state index >= 15 is 0 Å². The van der Waals surface area contributed by atoms with Crippen LogP contribution in [0.5, 0.6) is 5.75 Å². The van der Waals surface area contributed by atoms with Crippen molar-refractivity contribution in [3.8, 4) is 5.75 Å². The molecule has 0 unspecified atom stereocenters. The molecule has 1 fully saturated rings. The van der Waals surface area contributed by atoms with Crippen molar-refractivity contribution in [3.63, 3.8) is 0 Å². The van der Waals surface area contributed by atoms with Gasteiger partial charge < -0.3 is 10.4 Å². The van der Waals surface area contributed by atoms with E-state index in [1.165, 1.54) is 23.9 Å². The molecular formula is C18H15FN2O2S. The third kappa shape index (κ3) is 3.33. The van der Waals surface area contributed by atoms with Gasteiger partial charge >= 0.3 is 0 Å². The van der Waals surface area contributed by atoms with Gasteiger partial charge in [0, 0.05) is 0 Å². The summed E-state index contributed by atoms with van der Waals surface area (Å²) in [5, 5.41) is 13.0. The minimum absolute atomic E-state index is 0.0515. The molecule has 1 amide bonds. The summed E-state index contributed by atoms with van der Waals surface area (Å²) >= 11 is 1.20. The Hall–Kier alpha value is -2.60. The van der Waals surface area contributed by atoms with E-state index in [1.807, 2.05) is 13.8 Å². The molecule has 1 aliphatic heterocycles. The fourth-order valence-corrected chi connectivity index (χ4v) is 3.18. The molecule has 1 aliphatic rings. The fourth-order valence-electron chi connectivity index (χ4n) is 2.28. The Morgan fingerprint density at radius 1 is 1.21 bits per heavy atom. The molecule has 0 radical (unpaired) electrons. The molecule has 0 saturated carbocycles. The zero-order chi connectivity index (χ0) is 17.3. The summed E-state index contributed by atoms with van der Waals surface area (Å²) in [4.78, 5) is 17.0. The Morgan fingerprint density at radius 2 is 1.92 bits per heavy atom. The van der Waals surface area contributed by atoms with E-state index in [4.69, 9.17) is 0 Å². The lowest BCUT2D eigenvalue weighted by Crippen LogP contribution is -2.19. The van der Waals surface area contributed by atoms with Crippen molar-refractivity contribution in [3.05, 3.63) is 64.3 Å². The van der Waals surface area contributed by atoms with Gasteiger partial charge in [-0.15, -0.1) is 0 Å². The van der Waals surface area contributed by atoms with Crippen molar-refractivity contribution in [1.82, 2.24) is 5.32 Å². The molecule has 0 aliphatic carbocycles. The number of carbonyl (C=O) groups excluding carboxylic acids is 1. The first-order valence-electron chi connectivity index (χ1n) is 7.28. The maximum Gasteiger partial charge on any atom is 0.264 e. The van der Waals surface area contributed by atoms with Crippen LogP contribution in [-0.2, 0) is 4.79 Å². The number of phenolic OH excluding ortho intramolecular Hbond substituents is 1. The SMILES string of the molecule is C/C(=C1/SC(=Nc2cc(C)ccc2O)NC1=O)c1ccc(F)cc1. The zero-order valence-electron chi connectivity index (χ0n) is 13.1. The smallest absolute Gasteiger partial charge is 0.264 e. The second-order valence-corrected chi connectivity index (χ2v) is 6.43. The van der Waals surface area contributed by atoms with Crippen LogP contribution in [0.1, 0.15) is 18.1 Å². The molecule has 0 atom stereocenters. The summed E-state index contributed by atoms with van der Waals surface area (Å²) in [7, 11) is 0. The van der Waals surface area contributed by atoms with E-state index in [2.05, 4.69) is 10.3 Å². The van der Waals surface area contributed by atoms with Gasteiger partial charge in [0.2, 0.25) is 0 Å². The molecule has 0 bridgehead atoms. The quantitative estimate of drug-likeness (QED) is 0.807. The summed E-state index contributed by atoms with van der Waals surface area (Å²) in [6, 6.07) is 11.1. The summed E-state index contributed by atoms with van der Waals surface area (Å²) in [6.07, 6.45) is 0. The highest BCUT2D eigenvalue weighted by atomic mass is 32.2. The van der Waals surface area contributed by atoms with Crippen molar-refractivity contribution in [2.75, 3.05) is 0 Å². The number of aromatic hydroxyl groups is 1. The first-order valence-corrected chi connectivity index (χ1v) is 8.10. The number of rotatable bonds is 2. The van der Waals surface area contributed by atoms with Gasteiger partial charge in [0.15, 0.2) is 5.17 Å². The number of amides is 1. The second-order valence-electron chi connectivity index (χ2n) is 5.43. The molecule has 0 spiro atoms. The van der Waals surface area contributed by atoms with Crippen LogP contribution in [0.25, 0.3) is 5.57 Å². The Bertz CT molecular complexity index is 873. The maximum absolute atomic E-state index is 13.0. The summed E-state index contributed by atoms with van der Waals surface area (Å²) in [6.45, 7) is 3.70. The largest absolute Gasteiger partial charge is 0.506 e. The molecule has 122 valence electrons. The zero-order valence-corrected chi connectivity index (χ0v) is 13.9. The highest BCUT2D eigenvalue weighted by Crippen LogP contribution is 2.34. The molecule has 6 heteroatoms. The van der Waals surface area contributed by atoms with Gasteiger partial charge in [-0.25, -0.2) is 9.38 Å². The number of hydrogen-bond acceptors (Lipinski definition) is 4. The van der Waals surface area contributed by atoms with Crippen molar-refractivity contribution in [2.24, 2.45) is 4.99 Å². The molecule has 24 heavy (non-hydrogen) atoms. The number of thioether (sulfide) groups is 1. The van der Waals surface area contributed by atoms with E-state index < -0.39 is 0 Å². The van der Waals surface area contributed by atoms with Crippen LogP contribution < -0.4 is 5.32 Å². The first kappa shape index (κ1) is 16.3. The third-order valence-electron chi connectivity index (χ3n) is 3.60. The van der Waals surface area contributed by atoms with Gasteiger partial charge in [0.05, 0.1) is 4.91 Å². The number of phenols is 1. The fraction of sp³-hybridized carbons (Fsp3) is 0.111. The van der Waals surface area contributed by atoms with Gasteiger partial charge in [-0.2, -0.15) is 0 Å². The van der Waals surface area contributed by atoms with Crippen molar-refractivity contribution in [2.45, 2.75) is 13.8 Å². The monoisotopic (exact) mass is 342 g/mol. The Kier molecular flexibility index (Phi) is 4.40. The van der Waals surface area contributed by atoms with Crippen LogP contribution in [0.15, 0.2) is 52.4 Å². The lowest BCUT2D eigenvalue weighted by molar-refractivity contribution is -0.115. The van der Waals surface area contributed by atoms with Gasteiger partial charge in [0.25, 0.3) is 5.91 Å². The van der Waals surface area contributed by atoms with Gasteiger partial charge in [-0.1, -0.05) is 18.2 Å². The number of aryl methyl sites for hydroxylation is 1. The normalized spacial score (nSPS) is 18.0. The third-order valence-corrected chi connectivity index (χ3v) is 4.68. The summed E-state index contributed by atoms with van der Waals surface area (Å²) < 4.78 is 13.0. The summed E-state index contributed by atoms with van der Waals surface area (Å²) in [5.74, 6) is -0.527. The van der Waals surface area contributed by atoms with Crippen LogP contribution in [0.3, 0.4) is 0 Å². The van der Waals surface area contributed by atoms with E-state index in [0.717, 1.165) is 16.7 Å². The molecule has 2 aromatic carbocycles. The van der Waals surface area contributed by atoms with Crippen molar-refractivity contribution in [1.29, 1.82) is 0 Å². The predicted molar refractivity (Wildman–Crippen MR) is 94.7 cm³/mol. The summed E-state index contributed by atoms with van der Waals surface area (Å²) in [5.41, 5.74) is 2.88. The molecule has 1 heterocycles. The molecule has 2 N–H and O–H groups in total. The number of allylic oxidation sites excluding steroid dienone is 1. The topological polar surface area (TPSA) is 61.7 Å². The Morgan fingerprint density at radius 3 is 2.62 bits per heavy atom. The number of nitrogens with one attached hydrogen (secondary N) is 1. The van der Waals surface area contributed by atoms with Crippen LogP contribution >= 0.6 is 11.8 Å². The first-order chi connectivity index (χ1) is 11.4. The molecule has 2 aromatic rings. The van der Waals surface area contributed by atoms with Crippen LogP contribution in [-0.4, -0.2) is 16.2 Å². The van der Waals surface area contributed by atoms with Crippen molar-refractivity contribution < 1.29 is 14.3 Å². The average Bonchev–Trinajstić information content (AvgIpc) is 2.91. The van der Waals surface area contributed by atoms with Crippen LogP contribution in [0.2, 0.25) is 0 Å². The predicted octanol–water partition coefficient (Wildman–Crippen LogP) is 4.12. The lowest BCUT2D eigenvalue weighted by Gasteiger charge is -2.03. The van der Waals surface area contributed by atoms with E-state index in [1.54, 1.807) is 30.3 Å². The molecule has 1 saturated heterocycles. The van der Waals surface area contributed by atoms with Crippen LogP contribution in [0.4, 0.5) is 10.1 Å². The molecule has 3 rings (SSSR count). The number of carbonyl (C=O) groups is 1. The highest BCUT2D eigenvalue weighted by molar-refractivity contribution is 8.18. The van der Waals surface area contributed by atoms with E-state index in [-0.39, 0.29) is 17.5 Å². The Labute approximate surface area is 143 Å². The number of hydrogen-bond donors (Lipinski definition) is 2.